The molecule has 0 aliphatic carbocycles. The number of nitrogens with one attached hydrogen (secondary N) is 1. The summed E-state index contributed by atoms with van der Waals surface area (Å²) in [6.45, 7) is 5.62. The van der Waals surface area contributed by atoms with Crippen LogP contribution in [0.1, 0.15) is 52.9 Å². The molecule has 3 aromatic carbocycles. The summed E-state index contributed by atoms with van der Waals surface area (Å²) in [4.78, 5) is 15.5. The third kappa shape index (κ3) is 5.17. The molecule has 1 amide bonds. The number of rotatable bonds is 6. The van der Waals surface area contributed by atoms with Gasteiger partial charge in [-0.1, -0.05) is 79.7 Å². The number of nitrogens with zero attached hydrogens (tertiary/aromatic N) is 1. The Bertz CT molecular complexity index is 898. The van der Waals surface area contributed by atoms with Gasteiger partial charge in [0.15, 0.2) is 0 Å². The summed E-state index contributed by atoms with van der Waals surface area (Å²) >= 11 is 0. The van der Waals surface area contributed by atoms with Crippen LogP contribution < -0.4 is 5.32 Å². The molecular formula is C27H30N2O. The lowest BCUT2D eigenvalue weighted by atomic mass is 9.98. The van der Waals surface area contributed by atoms with Crippen LogP contribution in [0.2, 0.25) is 0 Å². The van der Waals surface area contributed by atoms with Crippen molar-refractivity contribution in [3.05, 3.63) is 107 Å². The number of carbonyl (C=O) groups excluding carboxylic acids is 1. The first-order chi connectivity index (χ1) is 14.7. The van der Waals surface area contributed by atoms with Gasteiger partial charge in [-0.05, 0) is 54.1 Å². The van der Waals surface area contributed by atoms with E-state index in [-0.39, 0.29) is 11.9 Å². The topological polar surface area (TPSA) is 32.3 Å². The molecule has 3 aromatic rings. The Morgan fingerprint density at radius 3 is 2.10 bits per heavy atom. The largest absolute Gasteiger partial charge is 0.341 e. The van der Waals surface area contributed by atoms with Crippen LogP contribution in [0.4, 0.5) is 0 Å². The van der Waals surface area contributed by atoms with Crippen molar-refractivity contribution in [2.75, 3.05) is 13.1 Å². The van der Waals surface area contributed by atoms with E-state index in [0.29, 0.717) is 5.56 Å². The fourth-order valence-corrected chi connectivity index (χ4v) is 4.31. The molecule has 3 nitrogen and oxygen atoms in total. The van der Waals surface area contributed by atoms with Crippen molar-refractivity contribution in [1.29, 1.82) is 0 Å². The number of hydrogen-bond acceptors (Lipinski definition) is 2. The quantitative estimate of drug-likeness (QED) is 0.600. The number of carbonyl (C=O) groups is 1. The van der Waals surface area contributed by atoms with Crippen molar-refractivity contribution >= 4 is 5.91 Å². The van der Waals surface area contributed by atoms with E-state index in [0.717, 1.165) is 30.1 Å². The minimum absolute atomic E-state index is 0.0501. The Balaban J connectivity index is 1.46. The van der Waals surface area contributed by atoms with E-state index in [1.165, 1.54) is 24.9 Å². The van der Waals surface area contributed by atoms with Crippen molar-refractivity contribution in [2.24, 2.45) is 5.92 Å². The zero-order valence-electron chi connectivity index (χ0n) is 17.6. The smallest absolute Gasteiger partial charge is 0.252 e. The summed E-state index contributed by atoms with van der Waals surface area (Å²) in [7, 11) is 0. The van der Waals surface area contributed by atoms with E-state index in [9.17, 15) is 4.79 Å². The molecule has 154 valence electrons. The van der Waals surface area contributed by atoms with Gasteiger partial charge in [0.2, 0.25) is 0 Å². The zero-order chi connectivity index (χ0) is 20.8. The fraction of sp³-hybridized carbons (Fsp3) is 0.296. The molecule has 0 saturated carbocycles. The Morgan fingerprint density at radius 2 is 1.53 bits per heavy atom. The molecule has 0 unspecified atom stereocenters. The number of likely N-dealkylation sites (tertiary alicyclic amines) is 1. The van der Waals surface area contributed by atoms with Gasteiger partial charge >= 0.3 is 0 Å². The van der Waals surface area contributed by atoms with E-state index < -0.39 is 0 Å². The standard InChI is InChI=1S/C27H30N2O/c1-21-9-8-18-29(19-21)20-22-14-16-25(17-15-22)27(30)28-26(23-10-4-2-5-11-23)24-12-6-3-7-13-24/h2-7,10-17,21,26H,8-9,18-20H2,1H3,(H,28,30)/t21-/m1/s1. The van der Waals surface area contributed by atoms with Gasteiger partial charge in [-0.25, -0.2) is 0 Å². The molecular weight excluding hydrogens is 368 g/mol. The summed E-state index contributed by atoms with van der Waals surface area (Å²) in [5.41, 5.74) is 4.12. The Morgan fingerprint density at radius 1 is 0.933 bits per heavy atom. The molecule has 1 N–H and O–H groups in total. The van der Waals surface area contributed by atoms with E-state index in [1.54, 1.807) is 0 Å². The minimum Gasteiger partial charge on any atom is -0.341 e. The van der Waals surface area contributed by atoms with Crippen LogP contribution in [0.25, 0.3) is 0 Å². The van der Waals surface area contributed by atoms with Gasteiger partial charge < -0.3 is 5.32 Å². The maximum absolute atomic E-state index is 13.0. The number of benzene rings is 3. The average molecular weight is 399 g/mol. The van der Waals surface area contributed by atoms with Crippen molar-refractivity contribution < 1.29 is 4.79 Å². The predicted molar refractivity (Wildman–Crippen MR) is 122 cm³/mol. The Hall–Kier alpha value is -2.91. The van der Waals surface area contributed by atoms with Crippen LogP contribution in [0, 0.1) is 5.92 Å². The van der Waals surface area contributed by atoms with Crippen molar-refractivity contribution in [1.82, 2.24) is 10.2 Å². The summed E-state index contributed by atoms with van der Waals surface area (Å²) in [5.74, 6) is 0.725. The van der Waals surface area contributed by atoms with Crippen LogP contribution in [-0.4, -0.2) is 23.9 Å². The highest BCUT2D eigenvalue weighted by atomic mass is 16.1. The highest BCUT2D eigenvalue weighted by Crippen LogP contribution is 2.23. The molecule has 4 rings (SSSR count). The summed E-state index contributed by atoms with van der Waals surface area (Å²) < 4.78 is 0. The minimum atomic E-state index is -0.172. The third-order valence-electron chi connectivity index (χ3n) is 5.90. The maximum atomic E-state index is 13.0. The number of piperidine rings is 1. The number of hydrogen-bond donors (Lipinski definition) is 1. The second-order valence-electron chi connectivity index (χ2n) is 8.41. The summed E-state index contributed by atoms with van der Waals surface area (Å²) in [6.07, 6.45) is 2.61. The SMILES string of the molecule is C[C@@H]1CCCN(Cc2ccc(C(=O)NC(c3ccccc3)c3ccccc3)cc2)C1. The van der Waals surface area contributed by atoms with Gasteiger partial charge in [-0.2, -0.15) is 0 Å². The first kappa shape index (κ1) is 20.4. The molecule has 1 aliphatic heterocycles. The van der Waals surface area contributed by atoms with E-state index >= 15 is 0 Å². The van der Waals surface area contributed by atoms with Crippen molar-refractivity contribution in [3.63, 3.8) is 0 Å². The van der Waals surface area contributed by atoms with Crippen LogP contribution >= 0.6 is 0 Å². The molecule has 3 heteroatoms. The van der Waals surface area contributed by atoms with Crippen LogP contribution in [0.15, 0.2) is 84.9 Å². The molecule has 1 atom stereocenters. The van der Waals surface area contributed by atoms with Gasteiger partial charge in [-0.3, -0.25) is 9.69 Å². The molecule has 0 spiro atoms. The summed E-state index contributed by atoms with van der Waals surface area (Å²) in [6, 6.07) is 28.2. The van der Waals surface area contributed by atoms with Gasteiger partial charge in [0.25, 0.3) is 5.91 Å². The van der Waals surface area contributed by atoms with Gasteiger partial charge in [0.1, 0.15) is 0 Å². The summed E-state index contributed by atoms with van der Waals surface area (Å²) in [5, 5.41) is 3.22. The van der Waals surface area contributed by atoms with Gasteiger partial charge in [0.05, 0.1) is 6.04 Å². The molecule has 1 aliphatic rings. The molecule has 0 bridgehead atoms. The molecule has 30 heavy (non-hydrogen) atoms. The highest BCUT2D eigenvalue weighted by molar-refractivity contribution is 5.94. The number of amides is 1. The first-order valence-electron chi connectivity index (χ1n) is 10.9. The Labute approximate surface area is 179 Å². The van der Waals surface area contributed by atoms with E-state index in [1.807, 2.05) is 48.5 Å². The second kappa shape index (κ2) is 9.73. The van der Waals surface area contributed by atoms with Crippen molar-refractivity contribution in [3.8, 4) is 0 Å². The average Bonchev–Trinajstić information content (AvgIpc) is 2.79. The predicted octanol–water partition coefficient (Wildman–Crippen LogP) is 5.44. The molecule has 1 fully saturated rings. The van der Waals surface area contributed by atoms with Crippen LogP contribution in [-0.2, 0) is 6.54 Å². The lowest BCUT2D eigenvalue weighted by molar-refractivity contribution is 0.0943. The lowest BCUT2D eigenvalue weighted by Gasteiger charge is -2.30. The normalized spacial score (nSPS) is 17.1. The zero-order valence-corrected chi connectivity index (χ0v) is 17.6. The second-order valence-corrected chi connectivity index (χ2v) is 8.41. The maximum Gasteiger partial charge on any atom is 0.252 e. The van der Waals surface area contributed by atoms with Gasteiger partial charge in [-0.15, -0.1) is 0 Å². The molecule has 1 heterocycles. The Kier molecular flexibility index (Phi) is 6.60. The van der Waals surface area contributed by atoms with E-state index in [4.69, 9.17) is 0 Å². The van der Waals surface area contributed by atoms with Gasteiger partial charge in [0, 0.05) is 18.7 Å². The molecule has 0 radical (unpaired) electrons. The fourth-order valence-electron chi connectivity index (χ4n) is 4.31. The lowest BCUT2D eigenvalue weighted by Crippen LogP contribution is -2.33. The monoisotopic (exact) mass is 398 g/mol. The first-order valence-corrected chi connectivity index (χ1v) is 10.9. The highest BCUT2D eigenvalue weighted by Gasteiger charge is 2.19. The molecule has 1 saturated heterocycles. The third-order valence-corrected chi connectivity index (χ3v) is 5.90. The van der Waals surface area contributed by atoms with Crippen LogP contribution in [0.5, 0.6) is 0 Å². The van der Waals surface area contributed by atoms with E-state index in [2.05, 4.69) is 53.5 Å². The van der Waals surface area contributed by atoms with Crippen molar-refractivity contribution in [2.45, 2.75) is 32.4 Å². The van der Waals surface area contributed by atoms with Crippen LogP contribution in [0.3, 0.4) is 0 Å². The molecule has 0 aromatic heterocycles.